The van der Waals surface area contributed by atoms with Crippen molar-refractivity contribution in [3.63, 3.8) is 0 Å². The lowest BCUT2D eigenvalue weighted by molar-refractivity contribution is 0.158. The molecule has 92 valence electrons. The van der Waals surface area contributed by atoms with E-state index in [1.54, 1.807) is 0 Å². The van der Waals surface area contributed by atoms with Crippen molar-refractivity contribution in [1.82, 2.24) is 9.80 Å². The van der Waals surface area contributed by atoms with Crippen molar-refractivity contribution in [3.05, 3.63) is 48.3 Å². The minimum atomic E-state index is 0.396. The van der Waals surface area contributed by atoms with Crippen LogP contribution in [0.3, 0.4) is 0 Å². The van der Waals surface area contributed by atoms with Crippen LogP contribution >= 0.6 is 0 Å². The maximum atomic E-state index is 2.45. The Morgan fingerprint density at radius 2 is 1.71 bits per heavy atom. The lowest BCUT2D eigenvalue weighted by Crippen LogP contribution is -2.31. The maximum absolute atomic E-state index is 2.45. The highest BCUT2D eigenvalue weighted by Gasteiger charge is 2.25. The van der Waals surface area contributed by atoms with Gasteiger partial charge in [0.2, 0.25) is 0 Å². The second-order valence-corrected chi connectivity index (χ2v) is 4.50. The topological polar surface area (TPSA) is 6.48 Å². The fraction of sp³-hybridized carbons (Fsp3) is 0.467. The van der Waals surface area contributed by atoms with Gasteiger partial charge >= 0.3 is 0 Å². The molecule has 1 unspecified atom stereocenters. The zero-order valence-corrected chi connectivity index (χ0v) is 10.8. The molecular formula is C15H22N2. The molecule has 0 saturated heterocycles. The molecule has 2 rings (SSSR count). The minimum Gasteiger partial charge on any atom is -0.353 e. The van der Waals surface area contributed by atoms with Crippen LogP contribution in [0.4, 0.5) is 0 Å². The Bertz CT molecular complexity index is 358. The molecule has 17 heavy (non-hydrogen) atoms. The van der Waals surface area contributed by atoms with E-state index in [1.807, 2.05) is 0 Å². The lowest BCUT2D eigenvalue weighted by atomic mass is 10.1. The third-order valence-corrected chi connectivity index (χ3v) is 3.31. The number of hydrogen-bond donors (Lipinski definition) is 0. The second-order valence-electron chi connectivity index (χ2n) is 4.50. The van der Waals surface area contributed by atoms with Gasteiger partial charge in [0.15, 0.2) is 0 Å². The van der Waals surface area contributed by atoms with Crippen molar-refractivity contribution < 1.29 is 0 Å². The third kappa shape index (κ3) is 2.63. The Morgan fingerprint density at radius 1 is 1.00 bits per heavy atom. The number of rotatable bonds is 5. The van der Waals surface area contributed by atoms with E-state index in [4.69, 9.17) is 0 Å². The monoisotopic (exact) mass is 230 g/mol. The van der Waals surface area contributed by atoms with Gasteiger partial charge < -0.3 is 9.80 Å². The summed E-state index contributed by atoms with van der Waals surface area (Å²) in [6.45, 7) is 6.65. The second kappa shape index (κ2) is 5.76. The van der Waals surface area contributed by atoms with E-state index in [2.05, 4.69) is 66.4 Å². The normalized spacial score (nSPS) is 19.1. The molecule has 0 fully saturated rings. The summed E-state index contributed by atoms with van der Waals surface area (Å²) >= 11 is 0. The summed E-state index contributed by atoms with van der Waals surface area (Å²) in [7, 11) is 0. The fourth-order valence-corrected chi connectivity index (χ4v) is 2.35. The van der Waals surface area contributed by atoms with E-state index in [9.17, 15) is 0 Å². The molecule has 0 amide bonds. The van der Waals surface area contributed by atoms with Crippen molar-refractivity contribution in [2.45, 2.75) is 32.9 Å². The average Bonchev–Trinajstić information content (AvgIpc) is 2.80. The highest BCUT2D eigenvalue weighted by molar-refractivity contribution is 5.21. The average molecular weight is 230 g/mol. The molecule has 0 N–H and O–H groups in total. The Hall–Kier alpha value is -1.44. The summed E-state index contributed by atoms with van der Waals surface area (Å²) in [6, 6.07) is 10.8. The highest BCUT2D eigenvalue weighted by Crippen LogP contribution is 2.30. The molecule has 0 bridgehead atoms. The van der Waals surface area contributed by atoms with Gasteiger partial charge in [0, 0.05) is 25.5 Å². The molecule has 1 aromatic rings. The van der Waals surface area contributed by atoms with Crippen LogP contribution in [0.25, 0.3) is 0 Å². The molecule has 0 spiro atoms. The van der Waals surface area contributed by atoms with Gasteiger partial charge in [-0.3, -0.25) is 0 Å². The first-order valence-corrected chi connectivity index (χ1v) is 6.61. The molecule has 0 radical (unpaired) electrons. The van der Waals surface area contributed by atoms with E-state index in [1.165, 1.54) is 18.4 Å². The molecular weight excluding hydrogens is 208 g/mol. The van der Waals surface area contributed by atoms with Gasteiger partial charge in [0.1, 0.15) is 6.17 Å². The van der Waals surface area contributed by atoms with Crippen molar-refractivity contribution in [2.24, 2.45) is 0 Å². The van der Waals surface area contributed by atoms with E-state index in [0.717, 1.165) is 13.1 Å². The largest absolute Gasteiger partial charge is 0.353 e. The molecule has 0 aromatic heterocycles. The molecule has 1 atom stereocenters. The summed E-state index contributed by atoms with van der Waals surface area (Å²) in [4.78, 5) is 4.84. The van der Waals surface area contributed by atoms with Crippen LogP contribution in [0.5, 0.6) is 0 Å². The predicted molar refractivity (Wildman–Crippen MR) is 72.3 cm³/mol. The van der Waals surface area contributed by atoms with Crippen LogP contribution in [-0.2, 0) is 0 Å². The number of benzene rings is 1. The number of unbranched alkanes of at least 4 members (excludes halogenated alkanes) is 1. The quantitative estimate of drug-likeness (QED) is 0.762. The van der Waals surface area contributed by atoms with Crippen molar-refractivity contribution >= 4 is 0 Å². The van der Waals surface area contributed by atoms with Gasteiger partial charge in [-0.2, -0.15) is 0 Å². The van der Waals surface area contributed by atoms with Gasteiger partial charge in [-0.15, -0.1) is 0 Å². The highest BCUT2D eigenvalue weighted by atomic mass is 15.4. The predicted octanol–water partition coefficient (Wildman–Crippen LogP) is 3.59. The Morgan fingerprint density at radius 3 is 2.35 bits per heavy atom. The summed E-state index contributed by atoms with van der Waals surface area (Å²) in [5.41, 5.74) is 1.38. The third-order valence-electron chi connectivity index (χ3n) is 3.31. The van der Waals surface area contributed by atoms with Crippen LogP contribution in [0, 0.1) is 0 Å². The van der Waals surface area contributed by atoms with E-state index in [0.29, 0.717) is 6.17 Å². The molecule has 1 heterocycles. The summed E-state index contributed by atoms with van der Waals surface area (Å²) in [6.07, 6.45) is 7.35. The van der Waals surface area contributed by atoms with Crippen LogP contribution in [0.2, 0.25) is 0 Å². The smallest absolute Gasteiger partial charge is 0.127 e. The van der Waals surface area contributed by atoms with Gasteiger partial charge in [-0.05, 0) is 18.9 Å². The zero-order chi connectivity index (χ0) is 12.1. The van der Waals surface area contributed by atoms with Crippen molar-refractivity contribution in [3.8, 4) is 0 Å². The maximum Gasteiger partial charge on any atom is 0.127 e. The summed E-state index contributed by atoms with van der Waals surface area (Å²) in [5, 5.41) is 0. The molecule has 1 aliphatic rings. The van der Waals surface area contributed by atoms with Crippen molar-refractivity contribution in [1.29, 1.82) is 0 Å². The molecule has 0 aliphatic carbocycles. The van der Waals surface area contributed by atoms with E-state index >= 15 is 0 Å². The van der Waals surface area contributed by atoms with Gasteiger partial charge in [0.05, 0.1) is 0 Å². The van der Waals surface area contributed by atoms with Gasteiger partial charge in [0.25, 0.3) is 0 Å². The van der Waals surface area contributed by atoms with E-state index in [-0.39, 0.29) is 0 Å². The van der Waals surface area contributed by atoms with Crippen LogP contribution < -0.4 is 0 Å². The molecule has 0 saturated carbocycles. The van der Waals surface area contributed by atoms with Gasteiger partial charge in [-0.25, -0.2) is 0 Å². The molecule has 1 aromatic carbocycles. The van der Waals surface area contributed by atoms with Gasteiger partial charge in [-0.1, -0.05) is 43.7 Å². The Balaban J connectivity index is 2.15. The summed E-state index contributed by atoms with van der Waals surface area (Å²) < 4.78 is 0. The van der Waals surface area contributed by atoms with Crippen LogP contribution in [0.15, 0.2) is 42.7 Å². The van der Waals surface area contributed by atoms with E-state index < -0.39 is 0 Å². The van der Waals surface area contributed by atoms with Crippen LogP contribution in [-0.4, -0.2) is 22.9 Å². The first-order chi connectivity index (χ1) is 8.36. The minimum absolute atomic E-state index is 0.396. The molecule has 2 nitrogen and oxygen atoms in total. The lowest BCUT2D eigenvalue weighted by Gasteiger charge is -2.32. The Labute approximate surface area is 105 Å². The number of nitrogens with zero attached hydrogens (tertiary/aromatic N) is 2. The standard InChI is InChI=1S/C15H22N2/c1-3-5-11-17-13-12-16(4-2)15(17)14-9-7-6-8-10-14/h6-10,12-13,15H,3-5,11H2,1-2H3. The first kappa shape index (κ1) is 12.0. The fourth-order valence-electron chi connectivity index (χ4n) is 2.35. The molecule has 2 heteroatoms. The zero-order valence-electron chi connectivity index (χ0n) is 10.8. The number of hydrogen-bond acceptors (Lipinski definition) is 2. The summed E-state index contributed by atoms with van der Waals surface area (Å²) in [5.74, 6) is 0. The molecule has 1 aliphatic heterocycles. The SMILES string of the molecule is CCCCN1C=CN(CC)C1c1ccccc1. The Kier molecular flexibility index (Phi) is 4.08. The first-order valence-electron chi connectivity index (χ1n) is 6.61. The van der Waals surface area contributed by atoms with Crippen molar-refractivity contribution in [2.75, 3.05) is 13.1 Å². The van der Waals surface area contributed by atoms with Crippen LogP contribution in [0.1, 0.15) is 38.4 Å².